The summed E-state index contributed by atoms with van der Waals surface area (Å²) in [7, 11) is 0. The van der Waals surface area contributed by atoms with Gasteiger partial charge < -0.3 is 10.1 Å². The summed E-state index contributed by atoms with van der Waals surface area (Å²) in [6.07, 6.45) is 1.72. The van der Waals surface area contributed by atoms with Gasteiger partial charge in [-0.15, -0.1) is 0 Å². The lowest BCUT2D eigenvalue weighted by Gasteiger charge is -2.11. The minimum atomic E-state index is 0.601. The third-order valence-corrected chi connectivity index (χ3v) is 2.59. The molecule has 0 aliphatic rings. The van der Waals surface area contributed by atoms with Crippen LogP contribution in [-0.2, 0) is 6.54 Å². The van der Waals surface area contributed by atoms with Crippen LogP contribution in [0.3, 0.4) is 0 Å². The molecule has 0 unspecified atom stereocenters. The van der Waals surface area contributed by atoms with Crippen molar-refractivity contribution >= 4 is 5.82 Å². The summed E-state index contributed by atoms with van der Waals surface area (Å²) in [5.74, 6) is 1.45. The Morgan fingerprint density at radius 1 is 1.32 bits per heavy atom. The molecule has 0 bridgehead atoms. The number of nitrogens with one attached hydrogen (secondary N) is 1. The number of hydrogen-bond donors (Lipinski definition) is 1. The van der Waals surface area contributed by atoms with E-state index in [1.165, 1.54) is 0 Å². The van der Waals surface area contributed by atoms with E-state index in [0.717, 1.165) is 11.3 Å². The van der Waals surface area contributed by atoms with Crippen LogP contribution in [0.5, 0.6) is 5.75 Å². The van der Waals surface area contributed by atoms with Crippen LogP contribution in [0.4, 0.5) is 5.82 Å². The molecule has 0 atom stereocenters. The molecule has 0 saturated heterocycles. The fraction of sp³-hybridized carbons (Fsp3) is 0.200. The molecule has 0 aliphatic heterocycles. The summed E-state index contributed by atoms with van der Waals surface area (Å²) < 4.78 is 5.49. The molecule has 4 nitrogen and oxygen atoms in total. The lowest BCUT2D eigenvalue weighted by molar-refractivity contribution is 0.340. The van der Waals surface area contributed by atoms with Crippen molar-refractivity contribution in [3.05, 3.63) is 53.7 Å². The number of pyridine rings is 1. The fourth-order valence-electron chi connectivity index (χ4n) is 1.73. The second kappa shape index (κ2) is 6.41. The predicted octanol–water partition coefficient (Wildman–Crippen LogP) is 2.96. The Kier molecular flexibility index (Phi) is 4.35. The lowest BCUT2D eigenvalue weighted by Crippen LogP contribution is -2.04. The molecule has 0 aliphatic carbocycles. The zero-order valence-electron chi connectivity index (χ0n) is 10.8. The van der Waals surface area contributed by atoms with Crippen molar-refractivity contribution < 1.29 is 4.74 Å². The summed E-state index contributed by atoms with van der Waals surface area (Å²) in [5.41, 5.74) is 1.69. The molecular weight excluding hydrogens is 238 g/mol. The molecular formula is C15H15N3O. The number of aromatic nitrogens is 1. The van der Waals surface area contributed by atoms with Crippen molar-refractivity contribution in [2.24, 2.45) is 0 Å². The Bertz CT molecular complexity index is 590. The first-order chi connectivity index (χ1) is 9.33. The number of hydrogen-bond acceptors (Lipinski definition) is 4. The third-order valence-electron chi connectivity index (χ3n) is 2.59. The highest BCUT2D eigenvalue weighted by Crippen LogP contribution is 2.21. The molecule has 0 fully saturated rings. The maximum absolute atomic E-state index is 8.86. The average Bonchev–Trinajstić information content (AvgIpc) is 2.47. The zero-order valence-corrected chi connectivity index (χ0v) is 10.8. The average molecular weight is 253 g/mol. The first kappa shape index (κ1) is 12.9. The molecule has 2 aromatic rings. The van der Waals surface area contributed by atoms with E-state index < -0.39 is 0 Å². The van der Waals surface area contributed by atoms with Gasteiger partial charge >= 0.3 is 0 Å². The number of benzene rings is 1. The molecule has 2 rings (SSSR count). The van der Waals surface area contributed by atoms with E-state index in [4.69, 9.17) is 10.00 Å². The van der Waals surface area contributed by atoms with Gasteiger partial charge in [-0.3, -0.25) is 0 Å². The van der Waals surface area contributed by atoms with Gasteiger partial charge in [0.05, 0.1) is 18.2 Å². The lowest BCUT2D eigenvalue weighted by atomic mass is 10.1. The summed E-state index contributed by atoms with van der Waals surface area (Å²) in [6.45, 7) is 3.14. The first-order valence-electron chi connectivity index (χ1n) is 6.14. The van der Waals surface area contributed by atoms with Crippen LogP contribution >= 0.6 is 0 Å². The Morgan fingerprint density at radius 3 is 3.00 bits per heavy atom. The molecule has 4 heteroatoms. The molecule has 0 radical (unpaired) electrons. The van der Waals surface area contributed by atoms with Gasteiger partial charge in [-0.2, -0.15) is 5.26 Å². The van der Waals surface area contributed by atoms with Crippen molar-refractivity contribution in [3.63, 3.8) is 0 Å². The molecule has 1 aromatic heterocycles. The largest absolute Gasteiger partial charge is 0.490 e. The number of ether oxygens (including phenoxy) is 1. The van der Waals surface area contributed by atoms with E-state index in [1.54, 1.807) is 12.3 Å². The van der Waals surface area contributed by atoms with Crippen molar-refractivity contribution in [1.82, 2.24) is 4.98 Å². The van der Waals surface area contributed by atoms with E-state index in [2.05, 4.69) is 16.4 Å². The third kappa shape index (κ3) is 3.46. The molecule has 19 heavy (non-hydrogen) atoms. The number of nitrogens with zero attached hydrogens (tertiary/aromatic N) is 2. The topological polar surface area (TPSA) is 57.9 Å². The van der Waals surface area contributed by atoms with E-state index >= 15 is 0 Å². The standard InChI is InChI=1S/C15H15N3O/c1-2-19-14-7-4-8-17-15(14)18-11-13-6-3-5-12(9-13)10-16/h3-9H,2,11H2,1H3,(H,17,18). The maximum atomic E-state index is 8.86. The Hall–Kier alpha value is -2.54. The highest BCUT2D eigenvalue weighted by molar-refractivity contribution is 5.50. The van der Waals surface area contributed by atoms with Gasteiger partial charge in [0.2, 0.25) is 0 Å². The minimum absolute atomic E-state index is 0.601. The summed E-state index contributed by atoms with van der Waals surface area (Å²) in [6, 6.07) is 13.3. The van der Waals surface area contributed by atoms with Crippen molar-refractivity contribution in [1.29, 1.82) is 5.26 Å². The van der Waals surface area contributed by atoms with Crippen molar-refractivity contribution in [3.8, 4) is 11.8 Å². The molecule has 0 spiro atoms. The van der Waals surface area contributed by atoms with Gasteiger partial charge in [0.15, 0.2) is 11.6 Å². The van der Waals surface area contributed by atoms with Crippen LogP contribution in [0.25, 0.3) is 0 Å². The van der Waals surface area contributed by atoms with Gasteiger partial charge in [0, 0.05) is 12.7 Å². The quantitative estimate of drug-likeness (QED) is 0.890. The fourth-order valence-corrected chi connectivity index (χ4v) is 1.73. The van der Waals surface area contributed by atoms with Gasteiger partial charge in [-0.25, -0.2) is 4.98 Å². The minimum Gasteiger partial charge on any atom is -0.490 e. The Labute approximate surface area is 112 Å². The summed E-state index contributed by atoms with van der Waals surface area (Å²) >= 11 is 0. The van der Waals surface area contributed by atoms with Crippen molar-refractivity contribution in [2.45, 2.75) is 13.5 Å². The van der Waals surface area contributed by atoms with Gasteiger partial charge in [0.25, 0.3) is 0 Å². The molecule has 1 N–H and O–H groups in total. The zero-order chi connectivity index (χ0) is 13.5. The normalized spacial score (nSPS) is 9.68. The van der Waals surface area contributed by atoms with Crippen LogP contribution in [0, 0.1) is 11.3 Å². The highest BCUT2D eigenvalue weighted by atomic mass is 16.5. The number of anilines is 1. The summed E-state index contributed by atoms with van der Waals surface area (Å²) in [5, 5.41) is 12.1. The smallest absolute Gasteiger partial charge is 0.169 e. The highest BCUT2D eigenvalue weighted by Gasteiger charge is 2.03. The predicted molar refractivity (Wildman–Crippen MR) is 73.9 cm³/mol. The molecule has 1 aromatic carbocycles. The molecule has 96 valence electrons. The van der Waals surface area contributed by atoms with E-state index in [-0.39, 0.29) is 0 Å². The molecule has 0 amide bonds. The van der Waals surface area contributed by atoms with Gasteiger partial charge in [0.1, 0.15) is 0 Å². The summed E-state index contributed by atoms with van der Waals surface area (Å²) in [4.78, 5) is 4.25. The molecule has 0 saturated carbocycles. The number of rotatable bonds is 5. The van der Waals surface area contributed by atoms with E-state index in [0.29, 0.717) is 24.5 Å². The van der Waals surface area contributed by atoms with Gasteiger partial charge in [-0.1, -0.05) is 12.1 Å². The van der Waals surface area contributed by atoms with E-state index in [1.807, 2.05) is 37.3 Å². The van der Waals surface area contributed by atoms with E-state index in [9.17, 15) is 0 Å². The Balaban J connectivity index is 2.08. The van der Waals surface area contributed by atoms with Gasteiger partial charge in [-0.05, 0) is 36.8 Å². The first-order valence-corrected chi connectivity index (χ1v) is 6.14. The number of nitriles is 1. The monoisotopic (exact) mass is 253 g/mol. The maximum Gasteiger partial charge on any atom is 0.169 e. The SMILES string of the molecule is CCOc1cccnc1NCc1cccc(C#N)c1. The van der Waals surface area contributed by atoms with Crippen molar-refractivity contribution in [2.75, 3.05) is 11.9 Å². The van der Waals surface area contributed by atoms with Crippen LogP contribution < -0.4 is 10.1 Å². The van der Waals surface area contributed by atoms with Crippen LogP contribution in [0.15, 0.2) is 42.6 Å². The second-order valence-electron chi connectivity index (χ2n) is 3.95. The Morgan fingerprint density at radius 2 is 2.21 bits per heavy atom. The van der Waals surface area contributed by atoms with Crippen LogP contribution in [0.2, 0.25) is 0 Å². The van der Waals surface area contributed by atoms with Crippen LogP contribution in [-0.4, -0.2) is 11.6 Å². The second-order valence-corrected chi connectivity index (χ2v) is 3.95. The van der Waals surface area contributed by atoms with Crippen LogP contribution in [0.1, 0.15) is 18.1 Å². The molecule has 1 heterocycles.